The Kier molecular flexibility index (Phi) is 8.50. The maximum Gasteiger partial charge on any atom is 0.161 e. The summed E-state index contributed by atoms with van der Waals surface area (Å²) in [4.78, 5) is 0. The largest absolute Gasteiger partial charge is 0.493 e. The maximum absolute atomic E-state index is 9.12. The maximum atomic E-state index is 9.12. The summed E-state index contributed by atoms with van der Waals surface area (Å²) in [5, 5.41) is 15.6. The van der Waals surface area contributed by atoms with E-state index in [9.17, 15) is 0 Å². The third kappa shape index (κ3) is 7.13. The van der Waals surface area contributed by atoms with E-state index in [4.69, 9.17) is 14.6 Å². The highest BCUT2D eigenvalue weighted by Crippen LogP contribution is 2.27. The van der Waals surface area contributed by atoms with Crippen molar-refractivity contribution in [1.82, 2.24) is 10.6 Å². The van der Waals surface area contributed by atoms with Crippen LogP contribution in [0.15, 0.2) is 30.9 Å². The summed E-state index contributed by atoms with van der Waals surface area (Å²) >= 11 is 0. The summed E-state index contributed by atoms with van der Waals surface area (Å²) in [5.74, 6) is 1.45. The van der Waals surface area contributed by atoms with Crippen LogP contribution in [0.5, 0.6) is 11.5 Å². The highest BCUT2D eigenvalue weighted by Gasteiger charge is 2.05. The lowest BCUT2D eigenvalue weighted by Crippen LogP contribution is -2.31. The van der Waals surface area contributed by atoms with Crippen LogP contribution in [-0.2, 0) is 6.54 Å². The number of hydrogen-bond acceptors (Lipinski definition) is 5. The minimum absolute atomic E-state index is 0.308. The Labute approximate surface area is 127 Å². The fourth-order valence-electron chi connectivity index (χ4n) is 1.81. The van der Waals surface area contributed by atoms with Crippen molar-refractivity contribution in [2.45, 2.75) is 19.6 Å². The van der Waals surface area contributed by atoms with Gasteiger partial charge in [0.25, 0.3) is 0 Å². The van der Waals surface area contributed by atoms with Crippen LogP contribution in [0, 0.1) is 0 Å². The number of ether oxygens (including phenoxy) is 2. The second kappa shape index (κ2) is 10.2. The Morgan fingerprint density at radius 1 is 1.29 bits per heavy atom. The molecule has 1 aromatic carbocycles. The number of aliphatic hydroxyl groups is 1. The van der Waals surface area contributed by atoms with E-state index in [1.807, 2.05) is 18.2 Å². The number of aliphatic hydroxyl groups excluding tert-OH is 1. The number of benzene rings is 1. The summed E-state index contributed by atoms with van der Waals surface area (Å²) in [6, 6.07) is 5.89. The molecule has 3 N–H and O–H groups in total. The first-order valence-corrected chi connectivity index (χ1v) is 7.17. The summed E-state index contributed by atoms with van der Waals surface area (Å²) in [7, 11) is 1.63. The minimum atomic E-state index is -0.308. The molecule has 0 radical (unpaired) electrons. The summed E-state index contributed by atoms with van der Waals surface area (Å²) in [6.45, 7) is 8.89. The molecule has 5 nitrogen and oxygen atoms in total. The van der Waals surface area contributed by atoms with Gasteiger partial charge in [0.1, 0.15) is 6.61 Å². The molecule has 1 atom stereocenters. The van der Waals surface area contributed by atoms with Gasteiger partial charge in [-0.1, -0.05) is 18.7 Å². The molecule has 1 rings (SSSR count). The molecule has 0 aliphatic heterocycles. The van der Waals surface area contributed by atoms with Crippen LogP contribution in [-0.4, -0.2) is 44.6 Å². The number of rotatable bonds is 11. The van der Waals surface area contributed by atoms with Crippen LogP contribution in [0.2, 0.25) is 0 Å². The smallest absolute Gasteiger partial charge is 0.161 e. The predicted molar refractivity (Wildman–Crippen MR) is 84.9 cm³/mol. The van der Waals surface area contributed by atoms with E-state index in [1.54, 1.807) is 20.1 Å². The zero-order valence-corrected chi connectivity index (χ0v) is 12.9. The van der Waals surface area contributed by atoms with Crippen molar-refractivity contribution in [3.63, 3.8) is 0 Å². The molecule has 0 fully saturated rings. The molecule has 0 aliphatic carbocycles. The monoisotopic (exact) mass is 294 g/mol. The summed E-state index contributed by atoms with van der Waals surface area (Å²) in [6.07, 6.45) is 1.40. The normalized spacial score (nSPS) is 12.0. The lowest BCUT2D eigenvalue weighted by molar-refractivity contribution is 0.191. The van der Waals surface area contributed by atoms with Gasteiger partial charge in [0.15, 0.2) is 11.5 Å². The van der Waals surface area contributed by atoms with Crippen LogP contribution >= 0.6 is 0 Å². The zero-order chi connectivity index (χ0) is 15.5. The van der Waals surface area contributed by atoms with Gasteiger partial charge >= 0.3 is 0 Å². The van der Waals surface area contributed by atoms with E-state index in [1.165, 1.54) is 0 Å². The molecule has 5 heteroatoms. The molecule has 0 aromatic heterocycles. The van der Waals surface area contributed by atoms with Crippen molar-refractivity contribution in [2.75, 3.05) is 33.4 Å². The molecule has 0 heterocycles. The molecule has 0 unspecified atom stereocenters. The highest BCUT2D eigenvalue weighted by molar-refractivity contribution is 5.43. The van der Waals surface area contributed by atoms with E-state index < -0.39 is 0 Å². The fraction of sp³-hybridized carbons (Fsp3) is 0.500. The van der Waals surface area contributed by atoms with Gasteiger partial charge in [0, 0.05) is 26.2 Å². The first-order chi connectivity index (χ1) is 10.2. The average Bonchev–Trinajstić information content (AvgIpc) is 2.48. The Bertz CT molecular complexity index is 422. The van der Waals surface area contributed by atoms with Gasteiger partial charge in [-0.2, -0.15) is 0 Å². The Morgan fingerprint density at radius 3 is 2.71 bits per heavy atom. The molecule has 0 saturated heterocycles. The first kappa shape index (κ1) is 17.5. The molecule has 21 heavy (non-hydrogen) atoms. The molecule has 0 amide bonds. The highest BCUT2D eigenvalue weighted by atomic mass is 16.5. The van der Waals surface area contributed by atoms with Crippen LogP contribution in [0.25, 0.3) is 0 Å². The third-order valence-corrected chi connectivity index (χ3v) is 2.83. The van der Waals surface area contributed by atoms with Crippen LogP contribution in [0.1, 0.15) is 12.5 Å². The molecule has 0 spiro atoms. The average molecular weight is 294 g/mol. The number of hydrogen-bond donors (Lipinski definition) is 3. The van der Waals surface area contributed by atoms with Gasteiger partial charge in [-0.3, -0.25) is 0 Å². The van der Waals surface area contributed by atoms with Gasteiger partial charge in [-0.25, -0.2) is 0 Å². The molecular weight excluding hydrogens is 268 g/mol. The second-order valence-electron chi connectivity index (χ2n) is 4.81. The Hall–Kier alpha value is -1.56. The molecular formula is C16H26N2O3. The van der Waals surface area contributed by atoms with Gasteiger partial charge < -0.3 is 25.2 Å². The van der Waals surface area contributed by atoms with Gasteiger partial charge in [0.2, 0.25) is 0 Å². The lowest BCUT2D eigenvalue weighted by atomic mass is 10.2. The van der Waals surface area contributed by atoms with E-state index in [0.29, 0.717) is 13.2 Å². The summed E-state index contributed by atoms with van der Waals surface area (Å²) < 4.78 is 10.8. The van der Waals surface area contributed by atoms with E-state index in [-0.39, 0.29) is 6.10 Å². The Morgan fingerprint density at radius 2 is 2.05 bits per heavy atom. The first-order valence-electron chi connectivity index (χ1n) is 7.17. The van der Waals surface area contributed by atoms with Crippen LogP contribution in [0.4, 0.5) is 0 Å². The van der Waals surface area contributed by atoms with Gasteiger partial charge in [0.05, 0.1) is 13.2 Å². The van der Waals surface area contributed by atoms with Crippen molar-refractivity contribution >= 4 is 0 Å². The van der Waals surface area contributed by atoms with Crippen molar-refractivity contribution in [3.8, 4) is 11.5 Å². The van der Waals surface area contributed by atoms with E-state index in [0.717, 1.165) is 36.7 Å². The zero-order valence-electron chi connectivity index (χ0n) is 12.9. The molecule has 118 valence electrons. The SMILES string of the molecule is C=CCOc1ccc(CNCCNC[C@@H](C)O)cc1OC. The predicted octanol–water partition coefficient (Wildman–Crippen LogP) is 1.32. The van der Waals surface area contributed by atoms with Crippen LogP contribution < -0.4 is 20.1 Å². The van der Waals surface area contributed by atoms with Crippen LogP contribution in [0.3, 0.4) is 0 Å². The van der Waals surface area contributed by atoms with E-state index >= 15 is 0 Å². The number of methoxy groups -OCH3 is 1. The van der Waals surface area contributed by atoms with Gasteiger partial charge in [-0.15, -0.1) is 0 Å². The Balaban J connectivity index is 2.36. The second-order valence-corrected chi connectivity index (χ2v) is 4.81. The summed E-state index contributed by atoms with van der Waals surface area (Å²) in [5.41, 5.74) is 1.13. The standard InChI is InChI=1S/C16H26N2O3/c1-4-9-21-15-6-5-14(10-16(15)20-3)12-18-8-7-17-11-13(2)19/h4-6,10,13,17-19H,1,7-9,11-12H2,2-3H3/t13-/m1/s1. The quantitative estimate of drug-likeness (QED) is 0.424. The molecule has 0 aliphatic rings. The molecule has 0 bridgehead atoms. The van der Waals surface area contributed by atoms with Crippen molar-refractivity contribution in [1.29, 1.82) is 0 Å². The van der Waals surface area contributed by atoms with Crippen molar-refractivity contribution < 1.29 is 14.6 Å². The molecule has 1 aromatic rings. The molecule has 0 saturated carbocycles. The fourth-order valence-corrected chi connectivity index (χ4v) is 1.81. The lowest BCUT2D eigenvalue weighted by Gasteiger charge is -2.12. The van der Waals surface area contributed by atoms with Gasteiger partial charge in [-0.05, 0) is 24.6 Å². The third-order valence-electron chi connectivity index (χ3n) is 2.83. The number of nitrogens with one attached hydrogen (secondary N) is 2. The van der Waals surface area contributed by atoms with E-state index in [2.05, 4.69) is 17.2 Å². The van der Waals surface area contributed by atoms with Crippen molar-refractivity contribution in [2.24, 2.45) is 0 Å². The topological polar surface area (TPSA) is 62.8 Å². The minimum Gasteiger partial charge on any atom is -0.493 e. The van der Waals surface area contributed by atoms with Crippen molar-refractivity contribution in [3.05, 3.63) is 36.4 Å².